The van der Waals surface area contributed by atoms with Gasteiger partial charge < -0.3 is 13.7 Å². The Morgan fingerprint density at radius 1 is 1.16 bits per heavy atom. The quantitative estimate of drug-likeness (QED) is 0.850. The Balaban J connectivity index is 1.48. The third kappa shape index (κ3) is 3.97. The van der Waals surface area contributed by atoms with Crippen LogP contribution in [0.5, 0.6) is 0 Å². The monoisotopic (exact) mass is 344 g/mol. The third-order valence-corrected chi connectivity index (χ3v) is 5.35. The van der Waals surface area contributed by atoms with E-state index in [1.165, 1.54) is 5.56 Å². The van der Waals surface area contributed by atoms with Gasteiger partial charge in [-0.05, 0) is 25.5 Å². The lowest BCUT2D eigenvalue weighted by Crippen LogP contribution is -2.42. The molecule has 0 spiro atoms. The number of ether oxygens (including phenoxy) is 1. The van der Waals surface area contributed by atoms with Gasteiger partial charge >= 0.3 is 0 Å². The summed E-state index contributed by atoms with van der Waals surface area (Å²) >= 11 is 0. The first kappa shape index (κ1) is 16.8. The minimum atomic E-state index is 0.589. The first-order chi connectivity index (χ1) is 12.2. The van der Waals surface area contributed by atoms with E-state index in [4.69, 9.17) is 9.15 Å². The number of nitrogens with zero attached hydrogens (tertiary/aromatic N) is 4. The van der Waals surface area contributed by atoms with Gasteiger partial charge in [0.15, 0.2) is 0 Å². The lowest BCUT2D eigenvalue weighted by Gasteiger charge is -2.31. The van der Waals surface area contributed by atoms with Crippen molar-refractivity contribution >= 4 is 0 Å². The van der Waals surface area contributed by atoms with E-state index in [2.05, 4.69) is 38.5 Å². The van der Waals surface area contributed by atoms with Gasteiger partial charge in [0.1, 0.15) is 17.3 Å². The van der Waals surface area contributed by atoms with Crippen molar-refractivity contribution in [3.63, 3.8) is 0 Å². The molecule has 1 atom stereocenters. The van der Waals surface area contributed by atoms with Gasteiger partial charge in [0.2, 0.25) is 0 Å². The maximum atomic E-state index is 5.92. The van der Waals surface area contributed by atoms with Gasteiger partial charge in [-0.3, -0.25) is 9.80 Å². The number of hydrogen-bond acceptors (Lipinski definition) is 5. The molecule has 1 saturated heterocycles. The highest BCUT2D eigenvalue weighted by Gasteiger charge is 2.25. The summed E-state index contributed by atoms with van der Waals surface area (Å²) in [6.07, 6.45) is 4.04. The van der Waals surface area contributed by atoms with Crippen LogP contribution >= 0.6 is 0 Å². The molecule has 2 aliphatic heterocycles. The van der Waals surface area contributed by atoms with Crippen molar-refractivity contribution in [2.75, 3.05) is 39.4 Å². The van der Waals surface area contributed by atoms with Crippen molar-refractivity contribution in [2.45, 2.75) is 33.5 Å². The summed E-state index contributed by atoms with van der Waals surface area (Å²) in [5, 5.41) is 0. The summed E-state index contributed by atoms with van der Waals surface area (Å²) in [6, 6.07) is 2.17. The van der Waals surface area contributed by atoms with Crippen LogP contribution in [0.25, 0.3) is 0 Å². The molecule has 0 saturated carbocycles. The van der Waals surface area contributed by atoms with E-state index in [0.29, 0.717) is 5.92 Å². The second-order valence-corrected chi connectivity index (χ2v) is 7.40. The highest BCUT2D eigenvalue weighted by Crippen LogP contribution is 2.21. The molecule has 0 amide bonds. The van der Waals surface area contributed by atoms with Crippen molar-refractivity contribution < 1.29 is 9.15 Å². The van der Waals surface area contributed by atoms with Crippen molar-refractivity contribution in [3.05, 3.63) is 41.4 Å². The first-order valence-electron chi connectivity index (χ1n) is 9.26. The molecule has 2 aliphatic rings. The number of rotatable bonds is 4. The number of morpholine rings is 1. The van der Waals surface area contributed by atoms with Crippen molar-refractivity contribution in [3.8, 4) is 0 Å². The number of imidazole rings is 1. The molecule has 25 heavy (non-hydrogen) atoms. The van der Waals surface area contributed by atoms with Crippen molar-refractivity contribution in [1.82, 2.24) is 19.4 Å². The van der Waals surface area contributed by atoms with E-state index < -0.39 is 0 Å². The summed E-state index contributed by atoms with van der Waals surface area (Å²) < 4.78 is 13.7. The maximum Gasteiger partial charge on any atom is 0.122 e. The van der Waals surface area contributed by atoms with Crippen LogP contribution in [0.1, 0.15) is 22.9 Å². The van der Waals surface area contributed by atoms with E-state index in [-0.39, 0.29) is 0 Å². The van der Waals surface area contributed by atoms with Crippen LogP contribution in [0.4, 0.5) is 0 Å². The van der Waals surface area contributed by atoms with Gasteiger partial charge in [0.05, 0.1) is 26.3 Å². The molecule has 6 heteroatoms. The molecular formula is C19H28N4O2. The van der Waals surface area contributed by atoms with E-state index in [9.17, 15) is 0 Å². The van der Waals surface area contributed by atoms with E-state index in [1.54, 1.807) is 0 Å². The summed E-state index contributed by atoms with van der Waals surface area (Å²) in [7, 11) is 0. The fraction of sp³-hybridized carbons (Fsp3) is 0.632. The van der Waals surface area contributed by atoms with Gasteiger partial charge in [-0.2, -0.15) is 0 Å². The van der Waals surface area contributed by atoms with E-state index in [1.807, 2.05) is 13.1 Å². The predicted octanol–water partition coefficient (Wildman–Crippen LogP) is 2.06. The van der Waals surface area contributed by atoms with Crippen molar-refractivity contribution in [1.29, 1.82) is 0 Å². The van der Waals surface area contributed by atoms with Crippen LogP contribution in [-0.4, -0.2) is 58.7 Å². The van der Waals surface area contributed by atoms with Gasteiger partial charge in [-0.25, -0.2) is 4.98 Å². The Bertz CT molecular complexity index is 683. The maximum absolute atomic E-state index is 5.92. The fourth-order valence-corrected chi connectivity index (χ4v) is 3.96. The molecular weight excluding hydrogens is 316 g/mol. The smallest absolute Gasteiger partial charge is 0.122 e. The van der Waals surface area contributed by atoms with Crippen LogP contribution < -0.4 is 0 Å². The average molecular weight is 344 g/mol. The molecule has 0 N–H and O–H groups in total. The van der Waals surface area contributed by atoms with Crippen LogP contribution in [0.15, 0.2) is 22.9 Å². The molecule has 136 valence electrons. The molecule has 2 aromatic rings. The van der Waals surface area contributed by atoms with E-state index in [0.717, 1.165) is 76.4 Å². The van der Waals surface area contributed by atoms with E-state index >= 15 is 0 Å². The second-order valence-electron chi connectivity index (χ2n) is 7.40. The molecule has 4 rings (SSSR count). The summed E-state index contributed by atoms with van der Waals surface area (Å²) in [5.74, 6) is 3.83. The van der Waals surface area contributed by atoms with Crippen LogP contribution in [-0.2, 0) is 24.4 Å². The Morgan fingerprint density at radius 2 is 2.00 bits per heavy atom. The zero-order chi connectivity index (χ0) is 17.2. The van der Waals surface area contributed by atoms with Crippen molar-refractivity contribution in [2.24, 2.45) is 5.92 Å². The lowest BCUT2D eigenvalue weighted by molar-refractivity contribution is 0.0263. The van der Waals surface area contributed by atoms with Crippen LogP contribution in [0, 0.1) is 19.8 Å². The Morgan fingerprint density at radius 3 is 2.76 bits per heavy atom. The molecule has 1 fully saturated rings. The molecule has 0 aromatic carbocycles. The minimum absolute atomic E-state index is 0.589. The Labute approximate surface area is 149 Å². The summed E-state index contributed by atoms with van der Waals surface area (Å²) in [6.45, 7) is 12.9. The number of hydrogen-bond donors (Lipinski definition) is 0. The second kappa shape index (κ2) is 7.32. The highest BCUT2D eigenvalue weighted by molar-refractivity contribution is 5.18. The first-order valence-corrected chi connectivity index (χ1v) is 9.26. The van der Waals surface area contributed by atoms with Gasteiger partial charge in [-0.1, -0.05) is 0 Å². The van der Waals surface area contributed by atoms with Crippen LogP contribution in [0.3, 0.4) is 0 Å². The molecule has 2 aromatic heterocycles. The Kier molecular flexibility index (Phi) is 4.92. The Hall–Kier alpha value is -1.63. The average Bonchev–Trinajstić information content (AvgIpc) is 3.10. The number of aromatic nitrogens is 2. The number of fused-ring (bicyclic) bond motifs is 1. The molecule has 6 nitrogen and oxygen atoms in total. The molecule has 0 radical (unpaired) electrons. The van der Waals surface area contributed by atoms with Gasteiger partial charge in [0.25, 0.3) is 0 Å². The molecule has 0 unspecified atom stereocenters. The summed E-state index contributed by atoms with van der Waals surface area (Å²) in [4.78, 5) is 9.59. The third-order valence-electron chi connectivity index (χ3n) is 5.35. The predicted molar refractivity (Wildman–Crippen MR) is 95.3 cm³/mol. The minimum Gasteiger partial charge on any atom is -0.465 e. The van der Waals surface area contributed by atoms with Gasteiger partial charge in [0, 0.05) is 51.0 Å². The molecule has 0 bridgehead atoms. The lowest BCUT2D eigenvalue weighted by atomic mass is 10.1. The number of furan rings is 1. The zero-order valence-corrected chi connectivity index (χ0v) is 15.3. The number of aryl methyl sites for hydroxylation is 2. The van der Waals surface area contributed by atoms with Gasteiger partial charge in [-0.15, -0.1) is 0 Å². The zero-order valence-electron chi connectivity index (χ0n) is 15.3. The highest BCUT2D eigenvalue weighted by atomic mass is 16.5. The fourth-order valence-electron chi connectivity index (χ4n) is 3.96. The molecule has 0 aliphatic carbocycles. The normalized spacial score (nSPS) is 22.7. The standard InChI is InChI=1S/C19H28N4O2/c1-15-9-18(25-16(15)2)13-22-11-17(10-21-5-7-24-8-6-21)12-23-4-3-20-19(23)14-22/h3-4,9,17H,5-8,10-14H2,1-2H3/t17-/m1/s1. The molecule has 4 heterocycles. The topological polar surface area (TPSA) is 46.7 Å². The SMILES string of the molecule is Cc1cc(CN2Cc3nccn3C[C@H](CN3CCOCC3)C2)oc1C. The largest absolute Gasteiger partial charge is 0.465 e. The summed E-state index contributed by atoms with van der Waals surface area (Å²) in [5.41, 5.74) is 1.23. The van der Waals surface area contributed by atoms with Crippen LogP contribution in [0.2, 0.25) is 0 Å².